The molecule has 0 saturated heterocycles. The van der Waals surface area contributed by atoms with Crippen LogP contribution in [0.25, 0.3) is 11.5 Å². The lowest BCUT2D eigenvalue weighted by atomic mass is 10.2. The van der Waals surface area contributed by atoms with Gasteiger partial charge in [0.05, 0.1) is 12.7 Å². The van der Waals surface area contributed by atoms with Gasteiger partial charge >= 0.3 is 0 Å². The summed E-state index contributed by atoms with van der Waals surface area (Å²) in [4.78, 5) is 11.6. The molecule has 0 spiro atoms. The number of hydrogen-bond donors (Lipinski definition) is 2. The molecule has 2 N–H and O–H groups in total. The third-order valence-electron chi connectivity index (χ3n) is 2.54. The van der Waals surface area contributed by atoms with Crippen LogP contribution < -0.4 is 5.32 Å². The third kappa shape index (κ3) is 2.53. The smallest absolute Gasteiger partial charge is 0.273 e. The van der Waals surface area contributed by atoms with Crippen LogP contribution >= 0.6 is 0 Å². The van der Waals surface area contributed by atoms with Gasteiger partial charge in [0, 0.05) is 5.56 Å². The molecule has 3 rings (SSSR count). The van der Waals surface area contributed by atoms with Gasteiger partial charge in [-0.15, -0.1) is 10.2 Å². The topological polar surface area (TPSA) is 110 Å². The van der Waals surface area contributed by atoms with E-state index in [9.17, 15) is 4.79 Å². The standard InChI is InChI=1S/C12H10N6O2/c19-11(9-6-14-18-15-9)13-7-10-16-17-12(20-10)8-4-2-1-3-5-8/h1-6H,7H2,(H,13,19)(H,14,15,18). The van der Waals surface area contributed by atoms with Gasteiger partial charge in [-0.2, -0.15) is 15.4 Å². The fraction of sp³-hybridized carbons (Fsp3) is 0.0833. The lowest BCUT2D eigenvalue weighted by Gasteiger charge is -1.97. The molecule has 0 atom stereocenters. The van der Waals surface area contributed by atoms with Gasteiger partial charge in [-0.1, -0.05) is 18.2 Å². The largest absolute Gasteiger partial charge is 0.419 e. The highest BCUT2D eigenvalue weighted by Gasteiger charge is 2.11. The number of amides is 1. The van der Waals surface area contributed by atoms with E-state index in [1.165, 1.54) is 6.20 Å². The maximum Gasteiger partial charge on any atom is 0.273 e. The lowest BCUT2D eigenvalue weighted by molar-refractivity contribution is 0.0942. The minimum absolute atomic E-state index is 0.130. The highest BCUT2D eigenvalue weighted by atomic mass is 16.4. The number of aromatic nitrogens is 5. The van der Waals surface area contributed by atoms with Crippen molar-refractivity contribution in [1.29, 1.82) is 0 Å². The maximum absolute atomic E-state index is 11.6. The Balaban J connectivity index is 1.65. The van der Waals surface area contributed by atoms with Crippen molar-refractivity contribution in [3.63, 3.8) is 0 Å². The molecule has 0 bridgehead atoms. The van der Waals surface area contributed by atoms with Crippen molar-refractivity contribution in [2.45, 2.75) is 6.54 Å². The molecule has 8 heteroatoms. The van der Waals surface area contributed by atoms with Gasteiger partial charge in [-0.05, 0) is 12.1 Å². The van der Waals surface area contributed by atoms with Crippen molar-refractivity contribution in [3.05, 3.63) is 48.1 Å². The number of aromatic amines is 1. The van der Waals surface area contributed by atoms with E-state index in [0.717, 1.165) is 5.56 Å². The van der Waals surface area contributed by atoms with Crippen LogP contribution in [0.3, 0.4) is 0 Å². The second kappa shape index (κ2) is 5.31. The van der Waals surface area contributed by atoms with Crippen LogP contribution in [0.1, 0.15) is 16.4 Å². The zero-order valence-corrected chi connectivity index (χ0v) is 10.3. The summed E-state index contributed by atoms with van der Waals surface area (Å²) in [7, 11) is 0. The fourth-order valence-electron chi connectivity index (χ4n) is 1.58. The first-order valence-electron chi connectivity index (χ1n) is 5.85. The van der Waals surface area contributed by atoms with Crippen LogP contribution in [-0.2, 0) is 6.54 Å². The van der Waals surface area contributed by atoms with Crippen molar-refractivity contribution in [2.24, 2.45) is 0 Å². The molecule has 3 aromatic rings. The van der Waals surface area contributed by atoms with Crippen LogP contribution in [0, 0.1) is 0 Å². The maximum atomic E-state index is 11.6. The number of nitrogens with one attached hydrogen (secondary N) is 2. The average Bonchev–Trinajstić information content (AvgIpc) is 3.17. The molecule has 100 valence electrons. The minimum atomic E-state index is -0.363. The molecule has 1 aromatic carbocycles. The van der Waals surface area contributed by atoms with E-state index in [0.29, 0.717) is 11.8 Å². The number of nitrogens with zero attached hydrogens (tertiary/aromatic N) is 4. The highest BCUT2D eigenvalue weighted by Crippen LogP contribution is 2.16. The van der Waals surface area contributed by atoms with E-state index < -0.39 is 0 Å². The van der Waals surface area contributed by atoms with Crippen LogP contribution in [0.15, 0.2) is 40.9 Å². The van der Waals surface area contributed by atoms with E-state index in [-0.39, 0.29) is 18.1 Å². The normalized spacial score (nSPS) is 10.4. The Morgan fingerprint density at radius 3 is 2.85 bits per heavy atom. The van der Waals surface area contributed by atoms with E-state index in [2.05, 4.69) is 30.9 Å². The number of carbonyl (C=O) groups is 1. The molecule has 2 aromatic heterocycles. The summed E-state index contributed by atoms with van der Waals surface area (Å²) >= 11 is 0. The second-order valence-corrected chi connectivity index (χ2v) is 3.90. The number of H-pyrrole nitrogens is 1. The van der Waals surface area contributed by atoms with Crippen molar-refractivity contribution in [2.75, 3.05) is 0 Å². The summed E-state index contributed by atoms with van der Waals surface area (Å²) in [6, 6.07) is 9.40. The van der Waals surface area contributed by atoms with Gasteiger partial charge in [0.1, 0.15) is 0 Å². The van der Waals surface area contributed by atoms with E-state index in [1.54, 1.807) is 0 Å². The molecular weight excluding hydrogens is 260 g/mol. The summed E-state index contributed by atoms with van der Waals surface area (Å²) in [5, 5.41) is 20.0. The van der Waals surface area contributed by atoms with Crippen molar-refractivity contribution in [1.82, 2.24) is 30.9 Å². The Bertz CT molecular complexity index is 692. The fourth-order valence-corrected chi connectivity index (χ4v) is 1.58. The van der Waals surface area contributed by atoms with E-state index in [1.807, 2.05) is 30.3 Å². The molecule has 20 heavy (non-hydrogen) atoms. The molecule has 2 heterocycles. The zero-order valence-electron chi connectivity index (χ0n) is 10.3. The number of rotatable bonds is 4. The van der Waals surface area contributed by atoms with Gasteiger partial charge in [-0.3, -0.25) is 4.79 Å². The molecule has 0 aliphatic rings. The Morgan fingerprint density at radius 2 is 2.10 bits per heavy atom. The number of benzene rings is 1. The average molecular weight is 270 g/mol. The summed E-state index contributed by atoms with van der Waals surface area (Å²) in [6.45, 7) is 0.130. The molecule has 0 aliphatic carbocycles. The summed E-state index contributed by atoms with van der Waals surface area (Å²) < 4.78 is 5.46. The van der Waals surface area contributed by atoms with Crippen molar-refractivity contribution in [3.8, 4) is 11.5 Å². The Labute approximate surface area is 113 Å². The van der Waals surface area contributed by atoms with Gasteiger partial charge in [-0.25, -0.2) is 0 Å². The molecule has 1 amide bonds. The molecule has 0 aliphatic heterocycles. The Morgan fingerprint density at radius 1 is 1.25 bits per heavy atom. The first-order valence-corrected chi connectivity index (χ1v) is 5.85. The molecule has 0 saturated carbocycles. The summed E-state index contributed by atoms with van der Waals surface area (Å²) in [5.74, 6) is 0.371. The van der Waals surface area contributed by atoms with Crippen LogP contribution in [-0.4, -0.2) is 31.5 Å². The van der Waals surface area contributed by atoms with E-state index >= 15 is 0 Å². The Hall–Kier alpha value is -3.03. The first-order chi connectivity index (χ1) is 9.83. The van der Waals surface area contributed by atoms with Crippen molar-refractivity contribution >= 4 is 5.91 Å². The van der Waals surface area contributed by atoms with Crippen LogP contribution in [0.5, 0.6) is 0 Å². The molecule has 0 radical (unpaired) electrons. The predicted octanol–water partition coefficient (Wildman–Crippen LogP) is 0.785. The number of hydrogen-bond acceptors (Lipinski definition) is 6. The SMILES string of the molecule is O=C(NCc1nnc(-c2ccccc2)o1)c1cn[nH]n1. The minimum Gasteiger partial charge on any atom is -0.419 e. The summed E-state index contributed by atoms with van der Waals surface area (Å²) in [6.07, 6.45) is 1.33. The lowest BCUT2D eigenvalue weighted by Crippen LogP contribution is -2.23. The first kappa shape index (κ1) is 12.0. The van der Waals surface area contributed by atoms with Crippen LogP contribution in [0.2, 0.25) is 0 Å². The molecule has 0 fully saturated rings. The van der Waals surface area contributed by atoms with E-state index in [4.69, 9.17) is 4.42 Å². The second-order valence-electron chi connectivity index (χ2n) is 3.90. The van der Waals surface area contributed by atoms with Gasteiger partial charge in [0.15, 0.2) is 5.69 Å². The zero-order chi connectivity index (χ0) is 13.8. The third-order valence-corrected chi connectivity index (χ3v) is 2.54. The van der Waals surface area contributed by atoms with Gasteiger partial charge < -0.3 is 9.73 Å². The Kier molecular flexibility index (Phi) is 3.19. The molecular formula is C12H10N6O2. The number of carbonyl (C=O) groups excluding carboxylic acids is 1. The monoisotopic (exact) mass is 270 g/mol. The highest BCUT2D eigenvalue weighted by molar-refractivity contribution is 5.91. The van der Waals surface area contributed by atoms with Crippen LogP contribution in [0.4, 0.5) is 0 Å². The molecule has 8 nitrogen and oxygen atoms in total. The van der Waals surface area contributed by atoms with Crippen molar-refractivity contribution < 1.29 is 9.21 Å². The van der Waals surface area contributed by atoms with Gasteiger partial charge in [0.2, 0.25) is 11.8 Å². The summed E-state index contributed by atoms with van der Waals surface area (Å²) in [5.41, 5.74) is 1.03. The quantitative estimate of drug-likeness (QED) is 0.725. The van der Waals surface area contributed by atoms with Gasteiger partial charge in [0.25, 0.3) is 5.91 Å². The predicted molar refractivity (Wildman–Crippen MR) is 67.3 cm³/mol. The molecule has 0 unspecified atom stereocenters.